The molecule has 1 amide bonds. The molecule has 0 aliphatic rings. The Morgan fingerprint density at radius 3 is 2.41 bits per heavy atom. The Kier molecular flexibility index (Phi) is 8.80. The standard InChI is InChI=1S/C23H27NO4S/c1-4-24(5-2)22(25)13-17(3)19-11-12-21(20(14-19)28-15-23(26)27)29-16-18-9-7-6-8-10-18/h6-14H,4-5,15-16H2,1-3H3,(H,26,27)/b17-13-. The minimum Gasteiger partial charge on any atom is -0.481 e. The Balaban J connectivity index is 2.24. The number of ether oxygens (including phenoxy) is 1. The molecule has 0 heterocycles. The van der Waals surface area contributed by atoms with E-state index in [0.717, 1.165) is 21.8 Å². The van der Waals surface area contributed by atoms with Crippen molar-refractivity contribution < 1.29 is 19.4 Å². The van der Waals surface area contributed by atoms with Crippen LogP contribution in [0.4, 0.5) is 0 Å². The van der Waals surface area contributed by atoms with Crippen LogP contribution in [0.2, 0.25) is 0 Å². The maximum atomic E-state index is 12.4. The number of hydrogen-bond donors (Lipinski definition) is 1. The number of benzene rings is 2. The Labute approximate surface area is 176 Å². The molecule has 0 saturated heterocycles. The normalized spacial score (nSPS) is 11.2. The van der Waals surface area contributed by atoms with Gasteiger partial charge in [0, 0.05) is 29.8 Å². The smallest absolute Gasteiger partial charge is 0.341 e. The van der Waals surface area contributed by atoms with Gasteiger partial charge in [0.2, 0.25) is 5.91 Å². The van der Waals surface area contributed by atoms with Crippen molar-refractivity contribution in [1.29, 1.82) is 0 Å². The highest BCUT2D eigenvalue weighted by molar-refractivity contribution is 7.98. The van der Waals surface area contributed by atoms with Crippen LogP contribution in [0.1, 0.15) is 31.9 Å². The third-order valence-electron chi connectivity index (χ3n) is 4.40. The number of carboxylic acid groups (broad SMARTS) is 1. The number of likely N-dealkylation sites (N-methyl/N-ethyl adjacent to an activating group) is 1. The molecule has 29 heavy (non-hydrogen) atoms. The quantitative estimate of drug-likeness (QED) is 0.451. The summed E-state index contributed by atoms with van der Waals surface area (Å²) in [6.45, 7) is 6.66. The van der Waals surface area contributed by atoms with Crippen LogP contribution >= 0.6 is 11.8 Å². The number of aliphatic carboxylic acids is 1. The van der Waals surface area contributed by atoms with E-state index in [4.69, 9.17) is 9.84 Å². The van der Waals surface area contributed by atoms with E-state index in [1.807, 2.05) is 63.2 Å². The van der Waals surface area contributed by atoms with Gasteiger partial charge in [-0.3, -0.25) is 4.79 Å². The summed E-state index contributed by atoms with van der Waals surface area (Å²) in [6, 6.07) is 15.7. The molecule has 2 rings (SSSR count). The largest absolute Gasteiger partial charge is 0.481 e. The van der Waals surface area contributed by atoms with Gasteiger partial charge in [-0.25, -0.2) is 4.79 Å². The first-order chi connectivity index (χ1) is 13.9. The summed E-state index contributed by atoms with van der Waals surface area (Å²) in [5, 5.41) is 8.99. The summed E-state index contributed by atoms with van der Waals surface area (Å²) >= 11 is 1.59. The zero-order chi connectivity index (χ0) is 21.2. The molecule has 0 spiro atoms. The summed E-state index contributed by atoms with van der Waals surface area (Å²) in [5.41, 5.74) is 2.81. The van der Waals surface area contributed by atoms with Gasteiger partial charge in [-0.05, 0) is 49.6 Å². The lowest BCUT2D eigenvalue weighted by molar-refractivity contribution is -0.139. The van der Waals surface area contributed by atoms with Crippen LogP contribution in [0.3, 0.4) is 0 Å². The van der Waals surface area contributed by atoms with Crippen LogP contribution in [-0.2, 0) is 15.3 Å². The number of nitrogens with zero attached hydrogens (tertiary/aromatic N) is 1. The summed E-state index contributed by atoms with van der Waals surface area (Å²) in [5.74, 6) is 0.189. The highest BCUT2D eigenvalue weighted by Crippen LogP contribution is 2.34. The third kappa shape index (κ3) is 6.98. The van der Waals surface area contributed by atoms with Crippen LogP contribution in [0, 0.1) is 0 Å². The van der Waals surface area contributed by atoms with Crippen LogP contribution < -0.4 is 4.74 Å². The van der Waals surface area contributed by atoms with Crippen LogP contribution in [-0.4, -0.2) is 41.6 Å². The lowest BCUT2D eigenvalue weighted by Crippen LogP contribution is -2.28. The molecule has 0 aliphatic heterocycles. The number of allylic oxidation sites excluding steroid dienone is 1. The molecule has 0 unspecified atom stereocenters. The minimum atomic E-state index is -1.03. The van der Waals surface area contributed by atoms with Crippen molar-refractivity contribution in [3.05, 3.63) is 65.7 Å². The van der Waals surface area contributed by atoms with Crippen molar-refractivity contribution >= 4 is 29.2 Å². The van der Waals surface area contributed by atoms with Gasteiger partial charge in [0.15, 0.2) is 6.61 Å². The Hall–Kier alpha value is -2.73. The summed E-state index contributed by atoms with van der Waals surface area (Å²) in [7, 11) is 0. The summed E-state index contributed by atoms with van der Waals surface area (Å²) in [4.78, 5) is 25.9. The van der Waals surface area contributed by atoms with Gasteiger partial charge in [-0.1, -0.05) is 36.4 Å². The van der Waals surface area contributed by atoms with Crippen molar-refractivity contribution in [3.8, 4) is 5.75 Å². The second kappa shape index (κ2) is 11.3. The maximum Gasteiger partial charge on any atom is 0.341 e. The van der Waals surface area contributed by atoms with E-state index in [9.17, 15) is 9.59 Å². The highest BCUT2D eigenvalue weighted by Gasteiger charge is 2.12. The van der Waals surface area contributed by atoms with Gasteiger partial charge >= 0.3 is 5.97 Å². The molecule has 154 valence electrons. The average molecular weight is 414 g/mol. The highest BCUT2D eigenvalue weighted by atomic mass is 32.2. The maximum absolute atomic E-state index is 12.4. The van der Waals surface area contributed by atoms with Crippen LogP contribution in [0.25, 0.3) is 5.57 Å². The molecule has 0 fully saturated rings. The van der Waals surface area contributed by atoms with E-state index >= 15 is 0 Å². The molecule has 2 aromatic carbocycles. The van der Waals surface area contributed by atoms with Crippen molar-refractivity contribution in [3.63, 3.8) is 0 Å². The monoisotopic (exact) mass is 413 g/mol. The molecule has 2 aromatic rings. The van der Waals surface area contributed by atoms with Crippen LogP contribution in [0.5, 0.6) is 5.75 Å². The zero-order valence-corrected chi connectivity index (χ0v) is 17.9. The SMILES string of the molecule is CCN(CC)C(=O)/C=C(/C)c1ccc(SCc2ccccc2)c(OCC(=O)O)c1. The lowest BCUT2D eigenvalue weighted by atomic mass is 10.1. The second-order valence-electron chi connectivity index (χ2n) is 6.46. The lowest BCUT2D eigenvalue weighted by Gasteiger charge is -2.17. The third-order valence-corrected chi connectivity index (χ3v) is 5.53. The number of amides is 1. The van der Waals surface area contributed by atoms with Gasteiger partial charge in [-0.15, -0.1) is 11.8 Å². The number of thioether (sulfide) groups is 1. The fourth-order valence-corrected chi connectivity index (χ4v) is 3.69. The van der Waals surface area contributed by atoms with E-state index < -0.39 is 12.6 Å². The fourth-order valence-electron chi connectivity index (χ4n) is 2.76. The number of carbonyl (C=O) groups is 2. The number of carbonyl (C=O) groups excluding carboxylic acids is 1. The van der Waals surface area contributed by atoms with E-state index in [-0.39, 0.29) is 5.91 Å². The van der Waals surface area contributed by atoms with Crippen molar-refractivity contribution in [1.82, 2.24) is 4.90 Å². The average Bonchev–Trinajstić information content (AvgIpc) is 2.72. The molecule has 0 bridgehead atoms. The van der Waals surface area contributed by atoms with Gasteiger partial charge in [0.1, 0.15) is 5.75 Å². The minimum absolute atomic E-state index is 0.0389. The number of hydrogen-bond acceptors (Lipinski definition) is 4. The van der Waals surface area contributed by atoms with Gasteiger partial charge in [-0.2, -0.15) is 0 Å². The molecule has 0 saturated carbocycles. The van der Waals surface area contributed by atoms with Gasteiger partial charge in [0.25, 0.3) is 0 Å². The fraction of sp³-hybridized carbons (Fsp3) is 0.304. The summed E-state index contributed by atoms with van der Waals surface area (Å²) < 4.78 is 5.53. The van der Waals surface area contributed by atoms with Gasteiger partial charge < -0.3 is 14.7 Å². The molecule has 0 radical (unpaired) electrons. The molecule has 1 N–H and O–H groups in total. The molecule has 0 atom stereocenters. The topological polar surface area (TPSA) is 66.8 Å². The van der Waals surface area contributed by atoms with Crippen molar-refractivity contribution in [2.45, 2.75) is 31.4 Å². The van der Waals surface area contributed by atoms with Crippen molar-refractivity contribution in [2.24, 2.45) is 0 Å². The molecular formula is C23H27NO4S. The van der Waals surface area contributed by atoms with Crippen molar-refractivity contribution in [2.75, 3.05) is 19.7 Å². The predicted molar refractivity (Wildman–Crippen MR) is 117 cm³/mol. The first-order valence-corrected chi connectivity index (χ1v) is 10.6. The molecule has 0 aliphatic carbocycles. The number of rotatable bonds is 10. The predicted octanol–water partition coefficient (Wildman–Crippen LogP) is 4.71. The first kappa shape index (κ1) is 22.6. The summed E-state index contributed by atoms with van der Waals surface area (Å²) in [6.07, 6.45) is 1.61. The van der Waals surface area contributed by atoms with Crippen LogP contribution in [0.15, 0.2) is 59.5 Å². The molecular weight excluding hydrogens is 386 g/mol. The second-order valence-corrected chi connectivity index (χ2v) is 7.47. The molecule has 5 nitrogen and oxygen atoms in total. The Morgan fingerprint density at radius 1 is 1.10 bits per heavy atom. The van der Waals surface area contributed by atoms with E-state index in [1.54, 1.807) is 28.8 Å². The Bertz CT molecular complexity index is 860. The molecule has 0 aromatic heterocycles. The number of carboxylic acids is 1. The zero-order valence-electron chi connectivity index (χ0n) is 17.1. The Morgan fingerprint density at radius 2 is 1.79 bits per heavy atom. The van der Waals surface area contributed by atoms with E-state index in [1.165, 1.54) is 5.56 Å². The van der Waals surface area contributed by atoms with Gasteiger partial charge in [0.05, 0.1) is 0 Å². The first-order valence-electron chi connectivity index (χ1n) is 9.57. The van der Waals surface area contributed by atoms with E-state index in [0.29, 0.717) is 18.8 Å². The van der Waals surface area contributed by atoms with E-state index in [2.05, 4.69) is 0 Å². The molecule has 6 heteroatoms.